The average Bonchev–Trinajstić information content (AvgIpc) is 2.41. The molecule has 2 aromatic rings. The van der Waals surface area contributed by atoms with Crippen LogP contribution in [0.1, 0.15) is 22.3 Å². The molecule has 0 saturated carbocycles. The van der Waals surface area contributed by atoms with Crippen LogP contribution >= 0.6 is 0 Å². The SMILES string of the molecule is Cc1ccccc1CS(=O)(=O)Cc1ccc(CN)cc1. The topological polar surface area (TPSA) is 60.2 Å². The monoisotopic (exact) mass is 289 g/mol. The molecular formula is C16H19NO2S. The number of benzene rings is 2. The molecule has 0 unspecified atom stereocenters. The van der Waals surface area contributed by atoms with Crippen LogP contribution in [0.25, 0.3) is 0 Å². The fourth-order valence-electron chi connectivity index (χ4n) is 2.09. The van der Waals surface area contributed by atoms with E-state index in [0.717, 1.165) is 22.3 Å². The fraction of sp³-hybridized carbons (Fsp3) is 0.250. The summed E-state index contributed by atoms with van der Waals surface area (Å²) in [5.41, 5.74) is 9.21. The first kappa shape index (κ1) is 14.8. The number of hydrogen-bond donors (Lipinski definition) is 1. The van der Waals surface area contributed by atoms with Crippen LogP contribution in [-0.2, 0) is 27.9 Å². The molecule has 20 heavy (non-hydrogen) atoms. The normalized spacial score (nSPS) is 11.5. The summed E-state index contributed by atoms with van der Waals surface area (Å²) in [6.07, 6.45) is 0. The van der Waals surface area contributed by atoms with Crippen molar-refractivity contribution in [1.29, 1.82) is 0 Å². The maximum atomic E-state index is 12.3. The van der Waals surface area contributed by atoms with Gasteiger partial charge in [-0.1, -0.05) is 48.5 Å². The average molecular weight is 289 g/mol. The minimum Gasteiger partial charge on any atom is -0.326 e. The molecule has 0 aliphatic carbocycles. The van der Waals surface area contributed by atoms with Gasteiger partial charge in [-0.25, -0.2) is 8.42 Å². The highest BCUT2D eigenvalue weighted by atomic mass is 32.2. The fourth-order valence-corrected chi connectivity index (χ4v) is 3.69. The molecule has 0 radical (unpaired) electrons. The van der Waals surface area contributed by atoms with Crippen molar-refractivity contribution in [3.05, 3.63) is 70.8 Å². The lowest BCUT2D eigenvalue weighted by molar-refractivity contribution is 0.594. The van der Waals surface area contributed by atoms with E-state index in [-0.39, 0.29) is 11.5 Å². The van der Waals surface area contributed by atoms with E-state index in [9.17, 15) is 8.42 Å². The third-order valence-electron chi connectivity index (χ3n) is 3.28. The van der Waals surface area contributed by atoms with Gasteiger partial charge >= 0.3 is 0 Å². The van der Waals surface area contributed by atoms with Gasteiger partial charge in [0.1, 0.15) is 0 Å². The number of aryl methyl sites for hydroxylation is 1. The predicted molar refractivity (Wildman–Crippen MR) is 81.8 cm³/mol. The van der Waals surface area contributed by atoms with E-state index in [4.69, 9.17) is 5.73 Å². The lowest BCUT2D eigenvalue weighted by atomic mass is 10.1. The largest absolute Gasteiger partial charge is 0.326 e. The molecule has 0 heterocycles. The second-order valence-electron chi connectivity index (χ2n) is 4.98. The quantitative estimate of drug-likeness (QED) is 0.920. The van der Waals surface area contributed by atoms with Crippen LogP contribution in [0, 0.1) is 6.92 Å². The number of nitrogens with two attached hydrogens (primary N) is 1. The minimum absolute atomic E-state index is 0.0617. The molecule has 0 bridgehead atoms. The summed E-state index contributed by atoms with van der Waals surface area (Å²) in [6, 6.07) is 15.0. The molecule has 0 aliphatic heterocycles. The smallest absolute Gasteiger partial charge is 0.158 e. The minimum atomic E-state index is -3.16. The molecule has 2 rings (SSSR count). The summed E-state index contributed by atoms with van der Waals surface area (Å²) < 4.78 is 24.5. The van der Waals surface area contributed by atoms with E-state index < -0.39 is 9.84 Å². The Morgan fingerprint density at radius 2 is 1.50 bits per heavy atom. The molecule has 3 nitrogen and oxygen atoms in total. The van der Waals surface area contributed by atoms with E-state index >= 15 is 0 Å². The van der Waals surface area contributed by atoms with Crippen molar-refractivity contribution in [3.63, 3.8) is 0 Å². The van der Waals surface area contributed by atoms with E-state index in [2.05, 4.69) is 0 Å². The summed E-state index contributed by atoms with van der Waals surface area (Å²) >= 11 is 0. The van der Waals surface area contributed by atoms with Crippen LogP contribution in [0.15, 0.2) is 48.5 Å². The van der Waals surface area contributed by atoms with E-state index in [1.54, 1.807) is 0 Å². The van der Waals surface area contributed by atoms with Crippen LogP contribution in [0.2, 0.25) is 0 Å². The van der Waals surface area contributed by atoms with Crippen LogP contribution in [0.3, 0.4) is 0 Å². The van der Waals surface area contributed by atoms with Gasteiger partial charge in [0.25, 0.3) is 0 Å². The maximum absolute atomic E-state index is 12.3. The highest BCUT2D eigenvalue weighted by molar-refractivity contribution is 7.89. The lowest BCUT2D eigenvalue weighted by Crippen LogP contribution is -2.08. The van der Waals surface area contributed by atoms with Crippen molar-refractivity contribution >= 4 is 9.84 Å². The Kier molecular flexibility index (Phi) is 4.57. The van der Waals surface area contributed by atoms with Gasteiger partial charge in [-0.05, 0) is 29.2 Å². The van der Waals surface area contributed by atoms with Crippen molar-refractivity contribution in [1.82, 2.24) is 0 Å². The van der Waals surface area contributed by atoms with Crippen molar-refractivity contribution in [2.45, 2.75) is 25.0 Å². The Hall–Kier alpha value is -1.65. The molecular weight excluding hydrogens is 270 g/mol. The van der Waals surface area contributed by atoms with Gasteiger partial charge in [-0.3, -0.25) is 0 Å². The molecule has 0 spiro atoms. The van der Waals surface area contributed by atoms with Crippen LogP contribution in [-0.4, -0.2) is 8.42 Å². The highest BCUT2D eigenvalue weighted by Gasteiger charge is 2.14. The third kappa shape index (κ3) is 3.92. The Balaban J connectivity index is 2.13. The van der Waals surface area contributed by atoms with Crippen LogP contribution in [0.4, 0.5) is 0 Å². The Labute approximate surface area is 120 Å². The molecule has 2 N–H and O–H groups in total. The first-order valence-corrected chi connectivity index (χ1v) is 8.35. The number of hydrogen-bond acceptors (Lipinski definition) is 3. The van der Waals surface area contributed by atoms with Crippen LogP contribution < -0.4 is 5.73 Å². The standard InChI is InChI=1S/C16H19NO2S/c1-13-4-2-3-5-16(13)12-20(18,19)11-15-8-6-14(10-17)7-9-15/h2-9H,10-12,17H2,1H3. The zero-order valence-electron chi connectivity index (χ0n) is 11.5. The molecule has 0 atom stereocenters. The van der Waals surface area contributed by atoms with E-state index in [0.29, 0.717) is 6.54 Å². The summed E-state index contributed by atoms with van der Waals surface area (Å²) in [4.78, 5) is 0. The van der Waals surface area contributed by atoms with Gasteiger partial charge < -0.3 is 5.73 Å². The van der Waals surface area contributed by atoms with E-state index in [1.807, 2.05) is 55.5 Å². The van der Waals surface area contributed by atoms with Gasteiger partial charge in [-0.15, -0.1) is 0 Å². The van der Waals surface area contributed by atoms with Crippen molar-refractivity contribution in [2.75, 3.05) is 0 Å². The summed E-state index contributed by atoms with van der Waals surface area (Å²) in [7, 11) is -3.16. The Bertz CT molecular complexity index is 676. The van der Waals surface area contributed by atoms with Crippen molar-refractivity contribution in [3.8, 4) is 0 Å². The van der Waals surface area contributed by atoms with Gasteiger partial charge in [0.2, 0.25) is 0 Å². The molecule has 0 amide bonds. The Morgan fingerprint density at radius 1 is 0.900 bits per heavy atom. The second kappa shape index (κ2) is 6.20. The van der Waals surface area contributed by atoms with Gasteiger partial charge in [0.05, 0.1) is 11.5 Å². The molecule has 0 fully saturated rings. The molecule has 4 heteroatoms. The maximum Gasteiger partial charge on any atom is 0.158 e. The predicted octanol–water partition coefficient (Wildman–Crippen LogP) is 2.57. The zero-order chi connectivity index (χ0) is 14.6. The number of rotatable bonds is 5. The van der Waals surface area contributed by atoms with E-state index in [1.165, 1.54) is 0 Å². The summed E-state index contributed by atoms with van der Waals surface area (Å²) in [5.74, 6) is 0.143. The highest BCUT2D eigenvalue weighted by Crippen LogP contribution is 2.15. The van der Waals surface area contributed by atoms with Gasteiger partial charge in [-0.2, -0.15) is 0 Å². The van der Waals surface area contributed by atoms with Crippen molar-refractivity contribution in [2.24, 2.45) is 5.73 Å². The molecule has 0 aliphatic rings. The first-order valence-electron chi connectivity index (χ1n) is 6.53. The van der Waals surface area contributed by atoms with Crippen molar-refractivity contribution < 1.29 is 8.42 Å². The number of sulfone groups is 1. The summed E-state index contributed by atoms with van der Waals surface area (Å²) in [6.45, 7) is 2.40. The Morgan fingerprint density at radius 3 is 2.10 bits per heavy atom. The van der Waals surface area contributed by atoms with Gasteiger partial charge in [0.15, 0.2) is 9.84 Å². The molecule has 2 aromatic carbocycles. The molecule has 0 aromatic heterocycles. The lowest BCUT2D eigenvalue weighted by Gasteiger charge is -2.08. The molecule has 0 saturated heterocycles. The first-order chi connectivity index (χ1) is 9.50. The third-order valence-corrected chi connectivity index (χ3v) is 4.81. The molecule has 106 valence electrons. The summed E-state index contributed by atoms with van der Waals surface area (Å²) in [5, 5.41) is 0. The van der Waals surface area contributed by atoms with Gasteiger partial charge in [0, 0.05) is 6.54 Å². The van der Waals surface area contributed by atoms with Crippen LogP contribution in [0.5, 0.6) is 0 Å². The zero-order valence-corrected chi connectivity index (χ0v) is 12.4. The second-order valence-corrected chi connectivity index (χ2v) is 7.04.